The fraction of sp³-hybridized carbons (Fsp3) is 0. The van der Waals surface area contributed by atoms with Gasteiger partial charge in [-0.05, 0) is 24.3 Å². The molecule has 3 nitrogen and oxygen atoms in total. The van der Waals surface area contributed by atoms with Crippen LogP contribution >= 0.6 is 22.9 Å². The second-order valence-corrected chi connectivity index (χ2v) is 5.59. The van der Waals surface area contributed by atoms with Crippen LogP contribution in [0.3, 0.4) is 0 Å². The van der Waals surface area contributed by atoms with Gasteiger partial charge in [0.05, 0.1) is 39.6 Å². The summed E-state index contributed by atoms with van der Waals surface area (Å²) in [4.78, 5) is 8.64. The van der Waals surface area contributed by atoms with E-state index in [0.29, 0.717) is 0 Å². The smallest absolute Gasteiger partial charge is 0.0702 e. The van der Waals surface area contributed by atoms with E-state index in [9.17, 15) is 0 Å². The number of halogens is 1. The average molecular weight is 371 g/mol. The standard InChI is InChI=1S/C16H10IN3/c17-20-15-6-8-18-10-13(15)12-5-4-11(9-16(12)20)14-3-1-2-7-19-14/h1-10H. The molecule has 3 aromatic heterocycles. The summed E-state index contributed by atoms with van der Waals surface area (Å²) in [6.07, 6.45) is 5.58. The van der Waals surface area contributed by atoms with E-state index < -0.39 is 0 Å². The number of rotatable bonds is 1. The van der Waals surface area contributed by atoms with Crippen LogP contribution in [0.25, 0.3) is 33.1 Å². The molecular weight excluding hydrogens is 361 g/mol. The van der Waals surface area contributed by atoms with E-state index in [1.807, 2.05) is 42.9 Å². The lowest BCUT2D eigenvalue weighted by molar-refractivity contribution is 1.33. The van der Waals surface area contributed by atoms with Crippen molar-refractivity contribution in [1.29, 1.82) is 0 Å². The van der Waals surface area contributed by atoms with Gasteiger partial charge in [0.1, 0.15) is 0 Å². The molecule has 0 amide bonds. The first-order chi connectivity index (χ1) is 9.84. The van der Waals surface area contributed by atoms with E-state index >= 15 is 0 Å². The SMILES string of the molecule is In1c2ccncc2c2ccc(-c3ccccn3)cc21. The monoisotopic (exact) mass is 371 g/mol. The molecule has 0 aliphatic heterocycles. The Bertz CT molecular complexity index is 913. The van der Waals surface area contributed by atoms with Gasteiger partial charge in [-0.25, -0.2) is 0 Å². The van der Waals surface area contributed by atoms with Crippen LogP contribution in [0.15, 0.2) is 61.1 Å². The van der Waals surface area contributed by atoms with Crippen molar-refractivity contribution in [3.05, 3.63) is 61.1 Å². The van der Waals surface area contributed by atoms with Crippen molar-refractivity contribution in [3.8, 4) is 11.3 Å². The van der Waals surface area contributed by atoms with Crippen LogP contribution < -0.4 is 0 Å². The van der Waals surface area contributed by atoms with E-state index in [1.165, 1.54) is 21.8 Å². The van der Waals surface area contributed by atoms with Crippen molar-refractivity contribution >= 4 is 44.7 Å². The van der Waals surface area contributed by atoms with Gasteiger partial charge in [0.2, 0.25) is 0 Å². The Hall–Kier alpha value is -1.95. The van der Waals surface area contributed by atoms with Crippen LogP contribution in [0, 0.1) is 0 Å². The molecule has 20 heavy (non-hydrogen) atoms. The van der Waals surface area contributed by atoms with Gasteiger partial charge >= 0.3 is 0 Å². The second kappa shape index (κ2) is 4.56. The summed E-state index contributed by atoms with van der Waals surface area (Å²) in [6.45, 7) is 0. The summed E-state index contributed by atoms with van der Waals surface area (Å²) in [6, 6.07) is 14.5. The van der Waals surface area contributed by atoms with Crippen molar-refractivity contribution in [2.24, 2.45) is 0 Å². The molecule has 0 atom stereocenters. The second-order valence-electron chi connectivity index (χ2n) is 4.62. The molecule has 0 saturated carbocycles. The number of nitrogens with zero attached hydrogens (tertiary/aromatic N) is 3. The third kappa shape index (κ3) is 1.71. The number of hydrogen-bond acceptors (Lipinski definition) is 2. The summed E-state index contributed by atoms with van der Waals surface area (Å²) < 4.78 is 2.18. The minimum Gasteiger partial charge on any atom is -0.282 e. The molecule has 0 saturated heterocycles. The van der Waals surface area contributed by atoms with Gasteiger partial charge in [-0.1, -0.05) is 18.2 Å². The van der Waals surface area contributed by atoms with E-state index in [-0.39, 0.29) is 0 Å². The molecule has 1 aromatic carbocycles. The molecule has 0 N–H and O–H groups in total. The van der Waals surface area contributed by atoms with Gasteiger partial charge in [-0.3, -0.25) is 12.7 Å². The molecule has 0 radical (unpaired) electrons. The first kappa shape index (κ1) is 11.8. The van der Waals surface area contributed by atoms with E-state index in [0.717, 1.165) is 11.3 Å². The highest BCUT2D eigenvalue weighted by Crippen LogP contribution is 2.32. The third-order valence-electron chi connectivity index (χ3n) is 3.47. The summed E-state index contributed by atoms with van der Waals surface area (Å²) in [7, 11) is 0. The molecule has 4 rings (SSSR count). The van der Waals surface area contributed by atoms with Crippen molar-refractivity contribution < 1.29 is 0 Å². The number of aromatic nitrogens is 3. The Kier molecular flexibility index (Phi) is 2.70. The van der Waals surface area contributed by atoms with Crippen LogP contribution in [0.5, 0.6) is 0 Å². The maximum atomic E-state index is 4.42. The largest absolute Gasteiger partial charge is 0.282 e. The Morgan fingerprint density at radius 2 is 1.85 bits per heavy atom. The zero-order chi connectivity index (χ0) is 13.5. The maximum absolute atomic E-state index is 4.42. The molecule has 3 heterocycles. The fourth-order valence-corrected chi connectivity index (χ4v) is 3.33. The number of fused-ring (bicyclic) bond motifs is 3. The maximum Gasteiger partial charge on any atom is 0.0702 e. The first-order valence-electron chi connectivity index (χ1n) is 6.30. The minimum absolute atomic E-state index is 0.995. The Balaban J connectivity index is 2.05. The summed E-state index contributed by atoms with van der Waals surface area (Å²) >= 11 is 2.34. The van der Waals surface area contributed by atoms with Crippen LogP contribution in [0.2, 0.25) is 0 Å². The Labute approximate surface area is 129 Å². The van der Waals surface area contributed by atoms with Gasteiger partial charge in [-0.2, -0.15) is 0 Å². The van der Waals surface area contributed by atoms with Crippen LogP contribution in [-0.4, -0.2) is 12.7 Å². The van der Waals surface area contributed by atoms with Crippen molar-refractivity contribution in [2.45, 2.75) is 0 Å². The van der Waals surface area contributed by atoms with Gasteiger partial charge in [0.15, 0.2) is 0 Å². The van der Waals surface area contributed by atoms with Crippen LogP contribution in [-0.2, 0) is 0 Å². The van der Waals surface area contributed by atoms with E-state index in [4.69, 9.17) is 0 Å². The summed E-state index contributed by atoms with van der Waals surface area (Å²) in [5.41, 5.74) is 4.51. The fourth-order valence-electron chi connectivity index (χ4n) is 2.51. The molecule has 96 valence electrons. The zero-order valence-corrected chi connectivity index (χ0v) is 12.7. The lowest BCUT2D eigenvalue weighted by Crippen LogP contribution is -1.83. The summed E-state index contributed by atoms with van der Waals surface area (Å²) in [5, 5.41) is 2.41. The molecule has 0 spiro atoms. The van der Waals surface area contributed by atoms with Crippen LogP contribution in [0.4, 0.5) is 0 Å². The highest BCUT2D eigenvalue weighted by atomic mass is 127. The Morgan fingerprint density at radius 3 is 2.70 bits per heavy atom. The van der Waals surface area contributed by atoms with Gasteiger partial charge in [0, 0.05) is 34.9 Å². The van der Waals surface area contributed by atoms with Crippen LogP contribution in [0.1, 0.15) is 0 Å². The first-order valence-corrected chi connectivity index (χ1v) is 7.27. The van der Waals surface area contributed by atoms with Gasteiger partial charge < -0.3 is 0 Å². The van der Waals surface area contributed by atoms with Crippen molar-refractivity contribution in [2.75, 3.05) is 0 Å². The highest BCUT2D eigenvalue weighted by Gasteiger charge is 2.10. The quantitative estimate of drug-likeness (QED) is 0.463. The number of pyridine rings is 2. The minimum atomic E-state index is 0.995. The van der Waals surface area contributed by atoms with Gasteiger partial charge in [-0.15, -0.1) is 0 Å². The average Bonchev–Trinajstić information content (AvgIpc) is 2.81. The molecule has 0 aliphatic rings. The molecular formula is C16H10IN3. The topological polar surface area (TPSA) is 30.7 Å². The van der Waals surface area contributed by atoms with Crippen molar-refractivity contribution in [1.82, 2.24) is 12.7 Å². The molecule has 0 unspecified atom stereocenters. The van der Waals surface area contributed by atoms with Gasteiger partial charge in [0.25, 0.3) is 0 Å². The van der Waals surface area contributed by atoms with Crippen molar-refractivity contribution in [3.63, 3.8) is 0 Å². The lowest BCUT2D eigenvalue weighted by atomic mass is 10.1. The third-order valence-corrected chi connectivity index (χ3v) is 4.51. The molecule has 0 aliphatic carbocycles. The molecule has 4 aromatic rings. The predicted octanol–water partition coefficient (Wildman–Crippen LogP) is 4.45. The number of benzene rings is 1. The summed E-state index contributed by atoms with van der Waals surface area (Å²) in [5.74, 6) is 0. The predicted molar refractivity (Wildman–Crippen MR) is 89.9 cm³/mol. The lowest BCUT2D eigenvalue weighted by Gasteiger charge is -2.01. The Morgan fingerprint density at radius 1 is 0.900 bits per heavy atom. The number of hydrogen-bond donors (Lipinski definition) is 0. The zero-order valence-electron chi connectivity index (χ0n) is 10.5. The van der Waals surface area contributed by atoms with E-state index in [2.05, 4.69) is 53.8 Å². The molecule has 4 heteroatoms. The highest BCUT2D eigenvalue weighted by molar-refractivity contribution is 14.1. The van der Waals surface area contributed by atoms with E-state index in [1.54, 1.807) is 0 Å². The molecule has 0 fully saturated rings. The molecule has 0 bridgehead atoms. The normalized spacial score (nSPS) is 11.2.